The molecule has 2 rings (SSSR count). The minimum Gasteiger partial charge on any atom is -0.497 e. The van der Waals surface area contributed by atoms with Crippen LogP contribution in [0, 0.1) is 46.8 Å². The van der Waals surface area contributed by atoms with Crippen LogP contribution in [0.4, 0.5) is 0 Å². The molecule has 0 saturated carbocycles. The summed E-state index contributed by atoms with van der Waals surface area (Å²) in [5.41, 5.74) is 3.85. The van der Waals surface area contributed by atoms with Gasteiger partial charge in [0.2, 0.25) is 0 Å². The molecule has 10 heteroatoms. The van der Waals surface area contributed by atoms with E-state index in [0.717, 1.165) is 11.4 Å². The third-order valence-corrected chi connectivity index (χ3v) is 4.13. The predicted molar refractivity (Wildman–Crippen MR) is 85.1 cm³/mol. The molecule has 1 aromatic carbocycles. The maximum absolute atomic E-state index is 9.62. The van der Waals surface area contributed by atoms with Crippen molar-refractivity contribution in [1.29, 1.82) is 10.5 Å². The third-order valence-electron chi connectivity index (χ3n) is 4.13. The highest BCUT2D eigenvalue weighted by Crippen LogP contribution is 2.38. The van der Waals surface area contributed by atoms with Crippen LogP contribution in [0.1, 0.15) is 22.5 Å². The van der Waals surface area contributed by atoms with Crippen molar-refractivity contribution in [2.45, 2.75) is 13.8 Å². The molecule has 0 N–H and O–H groups in total. The molecule has 0 aliphatic heterocycles. The van der Waals surface area contributed by atoms with Gasteiger partial charge >= 0.3 is 0 Å². The van der Waals surface area contributed by atoms with Crippen molar-refractivity contribution in [1.82, 2.24) is 0 Å². The zero-order valence-electron chi connectivity index (χ0n) is 15.9. The summed E-state index contributed by atoms with van der Waals surface area (Å²) in [4.78, 5) is 0. The van der Waals surface area contributed by atoms with Crippen LogP contribution in [0.3, 0.4) is 0 Å². The van der Waals surface area contributed by atoms with E-state index in [4.69, 9.17) is 28.1 Å². The Kier molecular flexibility index (Phi) is 7.70. The summed E-state index contributed by atoms with van der Waals surface area (Å²) < 4.78 is 46.5. The molecule has 0 unspecified atom stereocenters. The number of rotatable bonds is 3. The third kappa shape index (κ3) is 5.30. The van der Waals surface area contributed by atoms with E-state index < -0.39 is 10.2 Å². The van der Waals surface area contributed by atoms with Crippen LogP contribution in [-0.4, -0.2) is 14.2 Å². The van der Waals surface area contributed by atoms with E-state index in [9.17, 15) is 10.5 Å². The van der Waals surface area contributed by atoms with Gasteiger partial charge in [-0.1, -0.05) is 0 Å². The first-order valence-corrected chi connectivity index (χ1v) is 8.91. The number of hydrogen-bond acceptors (Lipinski definition) is 8. The van der Waals surface area contributed by atoms with Gasteiger partial charge in [0.1, 0.15) is 41.8 Å². The fourth-order valence-corrected chi connectivity index (χ4v) is 2.62. The lowest BCUT2D eigenvalue weighted by Crippen LogP contribution is -2.68. The molecule has 2 aromatic rings. The number of nitriles is 2. The Bertz CT molecular complexity index is 911. The fraction of sp³-hybridized carbons (Fsp3) is 0.278. The van der Waals surface area contributed by atoms with Crippen LogP contribution in [0.2, 0.25) is 0 Å². The highest BCUT2D eigenvalue weighted by Gasteiger charge is 2.26. The molecule has 1 heterocycles. The van der Waals surface area contributed by atoms with Crippen molar-refractivity contribution in [3.63, 3.8) is 0 Å². The van der Waals surface area contributed by atoms with Gasteiger partial charge in [-0.25, -0.2) is 23.2 Å². The van der Waals surface area contributed by atoms with Gasteiger partial charge in [0.25, 0.3) is 0 Å². The van der Waals surface area contributed by atoms with Crippen molar-refractivity contribution in [3.8, 4) is 34.8 Å². The number of methoxy groups -OCH3 is 2. The van der Waals surface area contributed by atoms with Gasteiger partial charge in [-0.3, -0.25) is 0 Å². The minimum atomic E-state index is -4.94. The molecule has 0 aliphatic rings. The van der Waals surface area contributed by atoms with Crippen LogP contribution in [0.15, 0.2) is 18.2 Å². The zero-order chi connectivity index (χ0) is 21.6. The molecule has 0 amide bonds. The first kappa shape index (κ1) is 23.1. The summed E-state index contributed by atoms with van der Waals surface area (Å²) in [5.74, 6) is 1.21. The van der Waals surface area contributed by atoms with Crippen LogP contribution in [0.25, 0.3) is 11.1 Å². The van der Waals surface area contributed by atoms with Crippen molar-refractivity contribution in [2.75, 3.05) is 14.2 Å². The van der Waals surface area contributed by atoms with Crippen molar-refractivity contribution < 1.29 is 42.9 Å². The second-order valence-electron chi connectivity index (χ2n) is 5.52. The molecule has 1 aromatic heterocycles. The smallest absolute Gasteiger partial charge is 0.196 e. The summed E-state index contributed by atoms with van der Waals surface area (Å²) in [6, 6.07) is 9.80. The van der Waals surface area contributed by atoms with Gasteiger partial charge in [-0.2, -0.15) is 10.5 Å². The van der Waals surface area contributed by atoms with E-state index in [1.54, 1.807) is 26.4 Å². The molecule has 0 saturated heterocycles. The number of ether oxygens (including phenoxy) is 2. The molecule has 9 nitrogen and oxygen atoms in total. The summed E-state index contributed by atoms with van der Waals surface area (Å²) in [5, 5.41) is 19.2. The van der Waals surface area contributed by atoms with Gasteiger partial charge in [-0.15, -0.1) is 10.2 Å². The average Bonchev–Trinajstić information content (AvgIpc) is 2.64. The standard InChI is InChI=1S/C18H18N3O2.ClHO4/c1-11-15(9-19)18(16(10-20)12(2)21(11)3)14-7-6-13(22-4)8-17(14)23-5;2-1(3,4)5/h6-8H,1-5H3;(H,2,3,4,5)/q+1;/p-1. The maximum atomic E-state index is 9.62. The minimum absolute atomic E-state index is 0.470. The SMILES string of the molecule is COc1ccc(-c2c(C#N)c(C)[n+](C)c(C)c2C#N)c(OC)c1.[O-][Cl+3]([O-])([O-])[O-]. The summed E-state index contributed by atoms with van der Waals surface area (Å²) in [6.45, 7) is 3.73. The Balaban J connectivity index is 0.000000696. The first-order chi connectivity index (χ1) is 13.0. The highest BCUT2D eigenvalue weighted by atomic mass is 35.7. The van der Waals surface area contributed by atoms with Gasteiger partial charge < -0.3 is 9.47 Å². The van der Waals surface area contributed by atoms with Crippen LogP contribution in [-0.2, 0) is 7.05 Å². The molecule has 0 atom stereocenters. The second-order valence-corrected chi connectivity index (χ2v) is 6.28. The molecule has 0 fully saturated rings. The Hall–Kier alpha value is -2.92. The highest BCUT2D eigenvalue weighted by molar-refractivity contribution is 5.81. The number of benzene rings is 1. The lowest BCUT2D eigenvalue weighted by atomic mass is 9.92. The topological polar surface area (TPSA) is 162 Å². The Morgan fingerprint density at radius 2 is 1.39 bits per heavy atom. The van der Waals surface area contributed by atoms with Crippen molar-refractivity contribution >= 4 is 0 Å². The average molecular weight is 408 g/mol. The van der Waals surface area contributed by atoms with E-state index in [0.29, 0.717) is 33.8 Å². The van der Waals surface area contributed by atoms with Crippen molar-refractivity contribution in [3.05, 3.63) is 40.7 Å². The van der Waals surface area contributed by atoms with E-state index in [2.05, 4.69) is 12.1 Å². The number of nitrogens with zero attached hydrogens (tertiary/aromatic N) is 3. The summed E-state index contributed by atoms with van der Waals surface area (Å²) in [6.07, 6.45) is 0. The second kappa shape index (κ2) is 9.33. The summed E-state index contributed by atoms with van der Waals surface area (Å²) >= 11 is 0. The van der Waals surface area contributed by atoms with Crippen molar-refractivity contribution in [2.24, 2.45) is 7.05 Å². The lowest BCUT2D eigenvalue weighted by Gasteiger charge is -2.17. The molecule has 0 radical (unpaired) electrons. The van der Waals surface area contributed by atoms with Gasteiger partial charge in [0.05, 0.1) is 14.2 Å². The van der Waals surface area contributed by atoms with E-state index in [1.807, 2.05) is 31.5 Å². The van der Waals surface area contributed by atoms with E-state index in [-0.39, 0.29) is 0 Å². The molecular weight excluding hydrogens is 390 g/mol. The monoisotopic (exact) mass is 407 g/mol. The zero-order valence-corrected chi connectivity index (χ0v) is 16.7. The molecule has 148 valence electrons. The largest absolute Gasteiger partial charge is 0.497 e. The number of hydrogen-bond donors (Lipinski definition) is 0. The van der Waals surface area contributed by atoms with Gasteiger partial charge in [-0.05, 0) is 12.1 Å². The predicted octanol–water partition coefficient (Wildman–Crippen LogP) is -2.20. The Labute approximate surface area is 164 Å². The molecule has 0 aliphatic carbocycles. The number of halogens is 1. The Morgan fingerprint density at radius 3 is 1.75 bits per heavy atom. The van der Waals surface area contributed by atoms with Crippen LogP contribution < -0.4 is 32.7 Å². The molecule has 0 spiro atoms. The first-order valence-electron chi connectivity index (χ1n) is 7.67. The number of pyridine rings is 1. The van der Waals surface area contributed by atoms with Gasteiger partial charge in [0.15, 0.2) is 11.4 Å². The normalized spacial score (nSPS) is 10.2. The van der Waals surface area contributed by atoms with E-state index >= 15 is 0 Å². The molecular formula is C18H18ClN3O6. The number of aromatic nitrogens is 1. The van der Waals surface area contributed by atoms with Crippen LogP contribution in [0.5, 0.6) is 11.5 Å². The molecule has 28 heavy (non-hydrogen) atoms. The summed E-state index contributed by atoms with van der Waals surface area (Å²) in [7, 11) is 0.0348. The quantitative estimate of drug-likeness (QED) is 0.517. The molecule has 0 bridgehead atoms. The Morgan fingerprint density at radius 1 is 0.929 bits per heavy atom. The van der Waals surface area contributed by atoms with E-state index in [1.165, 1.54) is 0 Å². The fourth-order valence-electron chi connectivity index (χ4n) is 2.62. The maximum Gasteiger partial charge on any atom is 0.196 e. The van der Waals surface area contributed by atoms with Gasteiger partial charge in [0, 0.05) is 31.0 Å². The van der Waals surface area contributed by atoms with Crippen LogP contribution >= 0.6 is 0 Å². The lowest BCUT2D eigenvalue weighted by molar-refractivity contribution is -2.00.